The lowest BCUT2D eigenvalue weighted by Crippen LogP contribution is -2.33. The zero-order valence-electron chi connectivity index (χ0n) is 31.6. The molecule has 10 aromatic rings. The lowest BCUT2D eigenvalue weighted by molar-refractivity contribution is 0.0711. The van der Waals surface area contributed by atoms with Crippen LogP contribution in [0.25, 0.3) is 97.3 Å². The molecule has 0 saturated heterocycles. The molecule has 4 aliphatic heterocycles. The average Bonchev–Trinajstić information content (AvgIpc) is 3.31. The third-order valence-corrected chi connectivity index (χ3v) is 14.8. The van der Waals surface area contributed by atoms with Crippen LogP contribution in [-0.4, -0.2) is 64.9 Å². The van der Waals surface area contributed by atoms with Gasteiger partial charge < -0.3 is 0 Å². The Morgan fingerprint density at radius 1 is 0.219 bits per heavy atom. The van der Waals surface area contributed by atoms with Gasteiger partial charge in [-0.25, -0.2) is 0 Å². The number of fused-ring (bicyclic) bond motifs is 4. The van der Waals surface area contributed by atoms with Crippen molar-refractivity contribution in [2.75, 3.05) is 0 Å². The molecular formula is C48H14Cl4N4O8. The van der Waals surface area contributed by atoms with Crippen LogP contribution in [0.15, 0.2) is 84.9 Å². The standard InChI is InChI=1S/C48H14Cl4N4O8/c49-53-41(57)21-7-1-15-17-3-9-25-37-29(47(63)55(51)45(25)61)13-27(33(39(17)37)19-5-11-23(43(53)59)35(21)31(15)19)28-14-30-38-26(46(62)56(52)48(30)64)10-4-18-16-2-8-22-36-24(44(60)54(50)42(22)58)12-6-20(32(16)36)34(28)40(18)38/h1-14H. The molecule has 302 valence electrons. The van der Waals surface area contributed by atoms with Crippen LogP contribution < -0.4 is 0 Å². The quantitative estimate of drug-likeness (QED) is 0.0684. The maximum Gasteiger partial charge on any atom is 0.276 e. The highest BCUT2D eigenvalue weighted by molar-refractivity contribution is 6.51. The van der Waals surface area contributed by atoms with Crippen LogP contribution in [0.5, 0.6) is 0 Å². The predicted molar refractivity (Wildman–Crippen MR) is 240 cm³/mol. The van der Waals surface area contributed by atoms with Crippen molar-refractivity contribution in [3.63, 3.8) is 0 Å². The van der Waals surface area contributed by atoms with Gasteiger partial charge in [0, 0.05) is 102 Å². The maximum atomic E-state index is 14.3. The first-order valence-corrected chi connectivity index (χ1v) is 20.8. The van der Waals surface area contributed by atoms with E-state index in [2.05, 4.69) is 0 Å². The molecule has 12 nitrogen and oxygen atoms in total. The first kappa shape index (κ1) is 36.0. The number of nitrogens with zero attached hydrogens (tertiary/aromatic N) is 4. The zero-order valence-corrected chi connectivity index (χ0v) is 34.7. The fourth-order valence-electron chi connectivity index (χ4n) is 11.0. The molecular weight excluding hydrogens is 902 g/mol. The Labute approximate surface area is 375 Å². The summed E-state index contributed by atoms with van der Waals surface area (Å²) in [5, 5.41) is 7.79. The molecule has 0 unspecified atom stereocenters. The van der Waals surface area contributed by atoms with E-state index >= 15 is 0 Å². The minimum absolute atomic E-state index is 0.0690. The highest BCUT2D eigenvalue weighted by Crippen LogP contribution is 2.54. The van der Waals surface area contributed by atoms with Gasteiger partial charge in [0.25, 0.3) is 47.3 Å². The van der Waals surface area contributed by atoms with Gasteiger partial charge in [-0.05, 0) is 124 Å². The van der Waals surface area contributed by atoms with E-state index in [1.54, 1.807) is 84.9 Å². The molecule has 0 spiro atoms. The molecule has 0 atom stereocenters. The van der Waals surface area contributed by atoms with Gasteiger partial charge in [-0.2, -0.15) is 17.7 Å². The van der Waals surface area contributed by atoms with E-state index in [4.69, 9.17) is 47.1 Å². The fourth-order valence-corrected chi connectivity index (χ4v) is 11.8. The lowest BCUT2D eigenvalue weighted by Gasteiger charge is -2.29. The van der Waals surface area contributed by atoms with Gasteiger partial charge in [0.2, 0.25) is 0 Å². The highest BCUT2D eigenvalue weighted by Gasteiger charge is 2.41. The third-order valence-electron chi connectivity index (χ3n) is 13.6. The molecule has 4 heterocycles. The van der Waals surface area contributed by atoms with Crippen molar-refractivity contribution >= 4 is 181 Å². The Bertz CT molecular complexity index is 3910. The van der Waals surface area contributed by atoms with Gasteiger partial charge in [0.15, 0.2) is 0 Å². The van der Waals surface area contributed by atoms with E-state index in [0.29, 0.717) is 115 Å². The van der Waals surface area contributed by atoms with Gasteiger partial charge in [0.1, 0.15) is 0 Å². The maximum absolute atomic E-state index is 14.3. The zero-order chi connectivity index (χ0) is 43.8. The summed E-state index contributed by atoms with van der Waals surface area (Å²) in [7, 11) is 0. The van der Waals surface area contributed by atoms with Gasteiger partial charge >= 0.3 is 0 Å². The predicted octanol–water partition coefficient (Wildman–Crippen LogP) is 10.5. The van der Waals surface area contributed by atoms with Gasteiger partial charge in [-0.1, -0.05) is 36.4 Å². The highest BCUT2D eigenvalue weighted by atomic mass is 35.5. The normalized spacial score (nSPS) is 16.2. The Hall–Kier alpha value is -7.48. The lowest BCUT2D eigenvalue weighted by atomic mass is 9.77. The molecule has 0 saturated carbocycles. The second-order valence-corrected chi connectivity index (χ2v) is 17.6. The molecule has 4 aliphatic rings. The summed E-state index contributed by atoms with van der Waals surface area (Å²) >= 11 is 25.4. The summed E-state index contributed by atoms with van der Waals surface area (Å²) in [5.41, 5.74) is 1.89. The van der Waals surface area contributed by atoms with Gasteiger partial charge in [-0.15, -0.1) is 0 Å². The summed E-state index contributed by atoms with van der Waals surface area (Å²) < 4.78 is 2.13. The monoisotopic (exact) mass is 914 g/mol. The van der Waals surface area contributed by atoms with E-state index in [-0.39, 0.29) is 44.5 Å². The van der Waals surface area contributed by atoms with Crippen LogP contribution in [0, 0.1) is 0 Å². The molecule has 16 heteroatoms. The average molecular weight is 916 g/mol. The number of rotatable bonds is 1. The van der Waals surface area contributed by atoms with Crippen LogP contribution >= 0.6 is 47.1 Å². The van der Waals surface area contributed by atoms with E-state index in [1.165, 1.54) is 0 Å². The van der Waals surface area contributed by atoms with Crippen molar-refractivity contribution in [3.8, 4) is 11.1 Å². The molecule has 8 amide bonds. The van der Waals surface area contributed by atoms with Crippen molar-refractivity contribution in [2.24, 2.45) is 0 Å². The van der Waals surface area contributed by atoms with Crippen molar-refractivity contribution in [1.29, 1.82) is 0 Å². The van der Waals surface area contributed by atoms with Crippen molar-refractivity contribution < 1.29 is 38.4 Å². The Kier molecular flexibility index (Phi) is 6.40. The minimum atomic E-state index is -0.808. The third kappa shape index (κ3) is 3.81. The molecule has 0 bridgehead atoms. The Balaban J connectivity index is 1.28. The summed E-state index contributed by atoms with van der Waals surface area (Å²) in [6, 6.07) is 23.1. The summed E-state index contributed by atoms with van der Waals surface area (Å²) in [5.74, 6) is -5.97. The molecule has 0 aromatic heterocycles. The molecule has 0 aliphatic carbocycles. The number of carbonyl (C=O) groups is 8. The number of halogens is 4. The number of hydrogen-bond donors (Lipinski definition) is 0. The largest absolute Gasteiger partial charge is 0.276 e. The minimum Gasteiger partial charge on any atom is -0.267 e. The number of hydrogen-bond acceptors (Lipinski definition) is 8. The summed E-state index contributed by atoms with van der Waals surface area (Å²) in [6.45, 7) is 0. The van der Waals surface area contributed by atoms with E-state index in [1.807, 2.05) is 0 Å². The number of imide groups is 4. The second-order valence-electron chi connectivity index (χ2n) is 16.2. The van der Waals surface area contributed by atoms with Crippen LogP contribution in [0.3, 0.4) is 0 Å². The molecule has 0 N–H and O–H groups in total. The number of amides is 8. The van der Waals surface area contributed by atoms with Gasteiger partial charge in [0.05, 0.1) is 11.1 Å². The van der Waals surface area contributed by atoms with Crippen molar-refractivity contribution in [2.45, 2.75) is 0 Å². The number of carbonyl (C=O) groups excluding carboxylic acids is 8. The molecule has 0 fully saturated rings. The Morgan fingerprint density at radius 2 is 0.438 bits per heavy atom. The van der Waals surface area contributed by atoms with Crippen LogP contribution in [0.1, 0.15) is 82.9 Å². The molecule has 10 aromatic carbocycles. The summed E-state index contributed by atoms with van der Waals surface area (Å²) in [4.78, 5) is 111. The summed E-state index contributed by atoms with van der Waals surface area (Å²) in [6.07, 6.45) is 0. The first-order chi connectivity index (χ1) is 30.8. The van der Waals surface area contributed by atoms with Gasteiger partial charge in [-0.3, -0.25) is 38.4 Å². The second kappa shape index (κ2) is 11.4. The Morgan fingerprint density at radius 3 is 0.719 bits per heavy atom. The smallest absolute Gasteiger partial charge is 0.267 e. The number of benzene rings is 10. The topological polar surface area (TPSA) is 150 Å². The molecule has 14 rings (SSSR count). The van der Waals surface area contributed by atoms with Crippen molar-refractivity contribution in [1.82, 2.24) is 17.7 Å². The van der Waals surface area contributed by atoms with Crippen LogP contribution in [0.2, 0.25) is 0 Å². The SMILES string of the molecule is O=C1c2ccc3c4ccc5c6c(cc(-c7cc8c9c(ccc%10c%11ccc%12c%13c(ccc(c7c9%10)c%13%11)C(=O)N(Cl)C%12=O)C(=O)N(Cl)C8=O)c(c7ccc(c2c37)C(=O)N1Cl)c64)C(=O)N(Cl)C5=O. The van der Waals surface area contributed by atoms with E-state index in [0.717, 1.165) is 0 Å². The van der Waals surface area contributed by atoms with E-state index in [9.17, 15) is 38.4 Å². The van der Waals surface area contributed by atoms with Crippen LogP contribution in [-0.2, 0) is 0 Å². The van der Waals surface area contributed by atoms with Crippen LogP contribution in [0.4, 0.5) is 0 Å². The van der Waals surface area contributed by atoms with E-state index < -0.39 is 47.3 Å². The van der Waals surface area contributed by atoms with Crippen molar-refractivity contribution in [3.05, 3.63) is 129 Å². The molecule has 0 radical (unpaired) electrons. The fraction of sp³-hybridized carbons (Fsp3) is 0. The first-order valence-electron chi connectivity index (χ1n) is 19.5. The molecule has 64 heavy (non-hydrogen) atoms.